The van der Waals surface area contributed by atoms with E-state index < -0.39 is 28.1 Å². The van der Waals surface area contributed by atoms with Crippen molar-refractivity contribution in [3.05, 3.63) is 63.5 Å². The maximum Gasteiger partial charge on any atom is 0.287 e. The lowest BCUT2D eigenvalue weighted by Gasteiger charge is -2.08. The minimum absolute atomic E-state index is 0.127. The number of rotatable bonds is 3. The van der Waals surface area contributed by atoms with E-state index in [1.807, 2.05) is 0 Å². The van der Waals surface area contributed by atoms with Crippen molar-refractivity contribution in [2.75, 3.05) is 5.32 Å². The smallest absolute Gasteiger partial charge is 0.287 e. The Hall–Kier alpha value is -3.08. The fourth-order valence-electron chi connectivity index (χ4n) is 1.64. The Balaban J connectivity index is 2.39. The molecular weight excluding hydrogens is 287 g/mol. The summed E-state index contributed by atoms with van der Waals surface area (Å²) in [4.78, 5) is 9.93. The van der Waals surface area contributed by atoms with Gasteiger partial charge in [0.05, 0.1) is 10.6 Å². The summed E-state index contributed by atoms with van der Waals surface area (Å²) < 4.78 is 39.3. The number of nitrogens with one attached hydrogen (secondary N) is 1. The van der Waals surface area contributed by atoms with E-state index >= 15 is 0 Å². The summed E-state index contributed by atoms with van der Waals surface area (Å²) in [6.45, 7) is 0. The Bertz CT molecular complexity index is 772. The lowest BCUT2D eigenvalue weighted by molar-refractivity contribution is -0.385. The van der Waals surface area contributed by atoms with Crippen molar-refractivity contribution >= 4 is 17.1 Å². The number of nitriles is 1. The summed E-state index contributed by atoms with van der Waals surface area (Å²) in [6.07, 6.45) is 0. The van der Waals surface area contributed by atoms with Gasteiger partial charge >= 0.3 is 0 Å². The Morgan fingerprint density at radius 3 is 2.38 bits per heavy atom. The first-order chi connectivity index (χ1) is 9.92. The molecule has 0 heterocycles. The van der Waals surface area contributed by atoms with E-state index in [-0.39, 0.29) is 16.9 Å². The highest BCUT2D eigenvalue weighted by molar-refractivity contribution is 5.65. The third kappa shape index (κ3) is 2.92. The predicted molar refractivity (Wildman–Crippen MR) is 67.4 cm³/mol. The molecule has 0 saturated heterocycles. The third-order valence-electron chi connectivity index (χ3n) is 2.60. The summed E-state index contributed by atoms with van der Waals surface area (Å²) in [5.41, 5.74) is -0.879. The van der Waals surface area contributed by atoms with Crippen LogP contribution in [0.15, 0.2) is 30.3 Å². The summed E-state index contributed by atoms with van der Waals surface area (Å²) in [6, 6.07) is 5.99. The number of hydrogen-bond acceptors (Lipinski definition) is 4. The maximum absolute atomic E-state index is 13.5. The summed E-state index contributed by atoms with van der Waals surface area (Å²) in [5.74, 6) is -3.62. The van der Waals surface area contributed by atoms with Crippen LogP contribution in [0.2, 0.25) is 0 Å². The molecule has 1 N–H and O–H groups in total. The van der Waals surface area contributed by atoms with Gasteiger partial charge in [-0.25, -0.2) is 13.2 Å². The van der Waals surface area contributed by atoms with Crippen molar-refractivity contribution in [2.24, 2.45) is 0 Å². The molecule has 8 heteroatoms. The first kappa shape index (κ1) is 14.3. The minimum Gasteiger partial charge on any atom is -0.353 e. The molecule has 0 fully saturated rings. The van der Waals surface area contributed by atoms with Gasteiger partial charge in [0.25, 0.3) is 5.69 Å². The first-order valence-corrected chi connectivity index (χ1v) is 5.52. The minimum atomic E-state index is -1.33. The fraction of sp³-hybridized carbons (Fsp3) is 0. The van der Waals surface area contributed by atoms with Crippen LogP contribution in [-0.2, 0) is 0 Å². The van der Waals surface area contributed by atoms with E-state index in [2.05, 4.69) is 5.32 Å². The quantitative estimate of drug-likeness (QED) is 0.532. The zero-order valence-corrected chi connectivity index (χ0v) is 10.2. The van der Waals surface area contributed by atoms with Crippen LogP contribution < -0.4 is 5.32 Å². The van der Waals surface area contributed by atoms with Gasteiger partial charge in [-0.3, -0.25) is 10.1 Å². The van der Waals surface area contributed by atoms with Crippen molar-refractivity contribution in [2.45, 2.75) is 0 Å². The van der Waals surface area contributed by atoms with Crippen LogP contribution in [-0.4, -0.2) is 4.92 Å². The van der Waals surface area contributed by atoms with Crippen molar-refractivity contribution in [1.29, 1.82) is 5.26 Å². The molecule has 21 heavy (non-hydrogen) atoms. The van der Waals surface area contributed by atoms with E-state index in [0.717, 1.165) is 12.1 Å². The Morgan fingerprint density at radius 2 is 1.76 bits per heavy atom. The normalized spacial score (nSPS) is 10.0. The molecule has 5 nitrogen and oxygen atoms in total. The average Bonchev–Trinajstić information content (AvgIpc) is 2.44. The van der Waals surface area contributed by atoms with Gasteiger partial charge in [-0.15, -0.1) is 0 Å². The number of nitro benzene ring substituents is 1. The number of benzene rings is 2. The summed E-state index contributed by atoms with van der Waals surface area (Å²) in [5, 5.41) is 21.9. The predicted octanol–water partition coefficient (Wildman–Crippen LogP) is 3.63. The van der Waals surface area contributed by atoms with Gasteiger partial charge in [-0.2, -0.15) is 5.26 Å². The van der Waals surface area contributed by atoms with Crippen LogP contribution in [0.1, 0.15) is 5.56 Å². The molecule has 0 aliphatic carbocycles. The molecule has 106 valence electrons. The molecule has 0 aliphatic heterocycles. The van der Waals surface area contributed by atoms with E-state index in [1.165, 1.54) is 6.07 Å². The highest BCUT2D eigenvalue weighted by Crippen LogP contribution is 2.26. The maximum atomic E-state index is 13.5. The monoisotopic (exact) mass is 293 g/mol. The highest BCUT2D eigenvalue weighted by Gasteiger charge is 2.15. The van der Waals surface area contributed by atoms with E-state index in [9.17, 15) is 23.3 Å². The van der Waals surface area contributed by atoms with Gasteiger partial charge in [0, 0.05) is 23.9 Å². The molecule has 0 radical (unpaired) electrons. The molecule has 0 amide bonds. The van der Waals surface area contributed by atoms with E-state index in [0.29, 0.717) is 12.1 Å². The van der Waals surface area contributed by atoms with Crippen molar-refractivity contribution in [3.8, 4) is 6.07 Å². The van der Waals surface area contributed by atoms with Gasteiger partial charge in [0.1, 0.15) is 17.4 Å². The van der Waals surface area contributed by atoms with E-state index in [1.54, 1.807) is 6.07 Å². The molecule has 0 spiro atoms. The molecule has 2 rings (SSSR count). The van der Waals surface area contributed by atoms with Crippen LogP contribution in [0, 0.1) is 38.9 Å². The topological polar surface area (TPSA) is 79.0 Å². The lowest BCUT2D eigenvalue weighted by atomic mass is 10.1. The molecule has 0 unspecified atom stereocenters. The zero-order chi connectivity index (χ0) is 15.6. The number of hydrogen-bond donors (Lipinski definition) is 1. The molecule has 0 aliphatic rings. The zero-order valence-electron chi connectivity index (χ0n) is 10.2. The second-order valence-electron chi connectivity index (χ2n) is 3.97. The number of halogens is 3. The molecule has 2 aromatic rings. The standard InChI is InChI=1S/C13H6F3N3O2/c14-9-4-11(16)12(5-10(9)15)18-8-1-2-13(19(20)21)7(3-8)6-17/h1-5,18H. The Labute approximate surface area is 116 Å². The first-order valence-electron chi connectivity index (χ1n) is 5.52. The number of nitrogens with zero attached hydrogens (tertiary/aromatic N) is 2. The van der Waals surface area contributed by atoms with E-state index in [4.69, 9.17) is 5.26 Å². The second kappa shape index (κ2) is 5.50. The fourth-order valence-corrected chi connectivity index (χ4v) is 1.64. The van der Waals surface area contributed by atoms with Gasteiger partial charge in [-0.05, 0) is 12.1 Å². The van der Waals surface area contributed by atoms with Gasteiger partial charge in [-0.1, -0.05) is 0 Å². The molecular formula is C13H6F3N3O2. The van der Waals surface area contributed by atoms with Crippen LogP contribution >= 0.6 is 0 Å². The SMILES string of the molecule is N#Cc1cc(Nc2cc(F)c(F)cc2F)ccc1[N+](=O)[O-]. The third-order valence-corrected chi connectivity index (χ3v) is 2.60. The van der Waals surface area contributed by atoms with Crippen molar-refractivity contribution in [3.63, 3.8) is 0 Å². The molecule has 0 atom stereocenters. The van der Waals surface area contributed by atoms with Crippen LogP contribution in [0.3, 0.4) is 0 Å². The van der Waals surface area contributed by atoms with Gasteiger partial charge < -0.3 is 5.32 Å². The molecule has 0 bridgehead atoms. The second-order valence-corrected chi connectivity index (χ2v) is 3.97. The summed E-state index contributed by atoms with van der Waals surface area (Å²) in [7, 11) is 0. The molecule has 0 aromatic heterocycles. The average molecular weight is 293 g/mol. The lowest BCUT2D eigenvalue weighted by Crippen LogP contribution is -1.99. The van der Waals surface area contributed by atoms with Gasteiger partial charge in [0.2, 0.25) is 0 Å². The highest BCUT2D eigenvalue weighted by atomic mass is 19.2. The Morgan fingerprint density at radius 1 is 1.10 bits per heavy atom. The number of anilines is 2. The van der Waals surface area contributed by atoms with Crippen LogP contribution in [0.4, 0.5) is 30.2 Å². The largest absolute Gasteiger partial charge is 0.353 e. The number of nitro groups is 1. The van der Waals surface area contributed by atoms with Gasteiger partial charge in [0.15, 0.2) is 11.6 Å². The molecule has 2 aromatic carbocycles. The van der Waals surface area contributed by atoms with Crippen molar-refractivity contribution in [1.82, 2.24) is 0 Å². The van der Waals surface area contributed by atoms with Crippen molar-refractivity contribution < 1.29 is 18.1 Å². The summed E-state index contributed by atoms with van der Waals surface area (Å²) >= 11 is 0. The Kier molecular flexibility index (Phi) is 3.75. The van der Waals surface area contributed by atoms with Crippen LogP contribution in [0.25, 0.3) is 0 Å². The van der Waals surface area contributed by atoms with Crippen LogP contribution in [0.5, 0.6) is 0 Å². The molecule has 0 saturated carbocycles.